The first-order chi connectivity index (χ1) is 30.9. The number of hydrogen-bond acceptors (Lipinski definition) is 18. The van der Waals surface area contributed by atoms with Crippen molar-refractivity contribution in [2.45, 2.75) is 211 Å². The maximum atomic E-state index is 14.7. The van der Waals surface area contributed by atoms with Crippen LogP contribution in [0.1, 0.15) is 113 Å². The fourth-order valence-electron chi connectivity index (χ4n) is 15.0. The summed E-state index contributed by atoms with van der Waals surface area (Å²) in [5.41, 5.74) is -0.674. The number of fused-ring (bicyclic) bond motifs is 7. The minimum absolute atomic E-state index is 0.0581. The lowest BCUT2D eigenvalue weighted by Crippen LogP contribution is -2.67. The molecule has 18 heteroatoms. The molecule has 0 radical (unpaired) electrons. The number of aliphatic hydroxyl groups is 11. The third-order valence-corrected chi connectivity index (χ3v) is 19.3. The molecule has 23 atom stereocenters. The number of hydrogen-bond donors (Lipinski definition) is 11. The van der Waals surface area contributed by atoms with Crippen LogP contribution in [0.5, 0.6) is 0 Å². The summed E-state index contributed by atoms with van der Waals surface area (Å²) < 4.78 is 35.7. The average molecular weight is 943 g/mol. The number of carbonyl (C=O) groups excluding carboxylic acids is 1. The van der Waals surface area contributed by atoms with Crippen molar-refractivity contribution in [3.63, 3.8) is 0 Å². The SMILES string of the molecule is CC1(C)CC[C@]2(C(=O)O[C@@H]3O[C@H](CO)[C@@H](O)[C@H](O)[C@H]3O)CC[C@]3(C)C(=CC[C@@H]4[C@@]5(C)CC[C@H](O[C@H]6O[C@H](CO)[C@@H](O)[C@H](O[C@@H]7O[C@H](CO)[C@@H](O)[C@H](O)[C@H]7O)[C@H]6O)C(C)(C)[C@H]5CC[C@]43C)[C@@H]2C1. The topological polar surface area (TPSA) is 295 Å². The van der Waals surface area contributed by atoms with Crippen LogP contribution in [0.3, 0.4) is 0 Å². The molecule has 0 amide bonds. The molecule has 5 aliphatic carbocycles. The fraction of sp³-hybridized carbons (Fsp3) is 0.938. The summed E-state index contributed by atoms with van der Waals surface area (Å²) in [6, 6.07) is 0. The van der Waals surface area contributed by atoms with E-state index >= 15 is 0 Å². The molecule has 3 saturated heterocycles. The Morgan fingerprint density at radius 2 is 1.15 bits per heavy atom. The second-order valence-electron chi connectivity index (χ2n) is 23.5. The van der Waals surface area contributed by atoms with Crippen molar-refractivity contribution in [3.8, 4) is 0 Å². The molecule has 4 saturated carbocycles. The molecule has 18 nitrogen and oxygen atoms in total. The largest absolute Gasteiger partial charge is 0.432 e. The number of ether oxygens (including phenoxy) is 6. The van der Waals surface area contributed by atoms with E-state index in [2.05, 4.69) is 54.5 Å². The first-order valence-corrected chi connectivity index (χ1v) is 24.3. The Bertz CT molecular complexity index is 1790. The van der Waals surface area contributed by atoms with Crippen molar-refractivity contribution in [1.82, 2.24) is 0 Å². The molecule has 3 heterocycles. The molecular formula is C48H78O18. The van der Waals surface area contributed by atoms with Crippen LogP contribution in [-0.2, 0) is 33.2 Å². The molecule has 0 aromatic carbocycles. The predicted octanol–water partition coefficient (Wildman–Crippen LogP) is 0.141. The summed E-state index contributed by atoms with van der Waals surface area (Å²) in [5, 5.41) is 116. The van der Waals surface area contributed by atoms with Crippen LogP contribution in [0.25, 0.3) is 0 Å². The van der Waals surface area contributed by atoms with Crippen LogP contribution < -0.4 is 0 Å². The zero-order valence-corrected chi connectivity index (χ0v) is 39.5. The van der Waals surface area contributed by atoms with Gasteiger partial charge in [-0.1, -0.05) is 60.1 Å². The zero-order valence-electron chi connectivity index (χ0n) is 39.5. The van der Waals surface area contributed by atoms with Gasteiger partial charge >= 0.3 is 5.97 Å². The summed E-state index contributed by atoms with van der Waals surface area (Å²) in [6.45, 7) is 14.1. The highest BCUT2D eigenvalue weighted by molar-refractivity contribution is 5.79. The Balaban J connectivity index is 1.02. The normalized spacial score (nSPS) is 53.3. The van der Waals surface area contributed by atoms with Gasteiger partial charge in [0.1, 0.15) is 73.2 Å². The van der Waals surface area contributed by atoms with E-state index < -0.39 is 135 Å². The monoisotopic (exact) mass is 943 g/mol. The highest BCUT2D eigenvalue weighted by atomic mass is 16.7. The van der Waals surface area contributed by atoms with Gasteiger partial charge in [-0.05, 0) is 109 Å². The Hall–Kier alpha value is -1.43. The van der Waals surface area contributed by atoms with E-state index in [-0.39, 0.29) is 39.4 Å². The van der Waals surface area contributed by atoms with Crippen molar-refractivity contribution < 1.29 is 89.4 Å². The van der Waals surface area contributed by atoms with Gasteiger partial charge in [-0.15, -0.1) is 0 Å². The van der Waals surface area contributed by atoms with Crippen molar-refractivity contribution in [2.75, 3.05) is 19.8 Å². The highest BCUT2D eigenvalue weighted by Gasteiger charge is 2.70. The number of aliphatic hydroxyl groups excluding tert-OH is 11. The number of esters is 1. The van der Waals surface area contributed by atoms with Crippen LogP contribution in [0.4, 0.5) is 0 Å². The molecule has 0 bridgehead atoms. The van der Waals surface area contributed by atoms with Gasteiger partial charge < -0.3 is 84.6 Å². The number of carbonyl (C=O) groups is 1. The molecule has 66 heavy (non-hydrogen) atoms. The highest BCUT2D eigenvalue weighted by Crippen LogP contribution is 2.76. The van der Waals surface area contributed by atoms with Gasteiger partial charge in [0, 0.05) is 0 Å². The van der Waals surface area contributed by atoms with E-state index in [1.165, 1.54) is 5.57 Å². The minimum Gasteiger partial charge on any atom is -0.432 e. The van der Waals surface area contributed by atoms with Gasteiger partial charge in [-0.25, -0.2) is 0 Å². The van der Waals surface area contributed by atoms with E-state index in [0.29, 0.717) is 19.3 Å². The smallest absolute Gasteiger partial charge is 0.315 e. The number of rotatable bonds is 9. The zero-order chi connectivity index (χ0) is 48.3. The van der Waals surface area contributed by atoms with Gasteiger partial charge in [0.25, 0.3) is 0 Å². The molecule has 0 aromatic rings. The molecule has 378 valence electrons. The third kappa shape index (κ3) is 7.87. The average Bonchev–Trinajstić information content (AvgIpc) is 3.26. The van der Waals surface area contributed by atoms with E-state index in [9.17, 15) is 61.0 Å². The molecule has 11 N–H and O–H groups in total. The van der Waals surface area contributed by atoms with E-state index in [0.717, 1.165) is 44.9 Å². The van der Waals surface area contributed by atoms with Crippen LogP contribution in [0, 0.1) is 50.2 Å². The lowest BCUT2D eigenvalue weighted by Gasteiger charge is -2.71. The summed E-state index contributed by atoms with van der Waals surface area (Å²) in [7, 11) is 0. The minimum atomic E-state index is -1.79. The van der Waals surface area contributed by atoms with E-state index in [4.69, 9.17) is 28.4 Å². The van der Waals surface area contributed by atoms with Gasteiger partial charge in [-0.3, -0.25) is 4.79 Å². The van der Waals surface area contributed by atoms with Crippen LogP contribution in [0.2, 0.25) is 0 Å². The number of allylic oxidation sites excluding steroid dienone is 2. The van der Waals surface area contributed by atoms with Gasteiger partial charge in [0.2, 0.25) is 6.29 Å². The predicted molar refractivity (Wildman–Crippen MR) is 230 cm³/mol. The van der Waals surface area contributed by atoms with Crippen LogP contribution in [-0.4, -0.2) is 180 Å². The van der Waals surface area contributed by atoms with Crippen molar-refractivity contribution in [1.29, 1.82) is 0 Å². The summed E-state index contributed by atoms with van der Waals surface area (Å²) in [5.74, 6) is -0.189. The van der Waals surface area contributed by atoms with Crippen molar-refractivity contribution in [3.05, 3.63) is 11.6 Å². The Morgan fingerprint density at radius 1 is 0.606 bits per heavy atom. The van der Waals surface area contributed by atoms with Crippen molar-refractivity contribution in [2.24, 2.45) is 50.2 Å². The Morgan fingerprint density at radius 3 is 1.76 bits per heavy atom. The third-order valence-electron chi connectivity index (χ3n) is 19.3. The maximum Gasteiger partial charge on any atom is 0.315 e. The van der Waals surface area contributed by atoms with Gasteiger partial charge in [0.05, 0.1) is 31.3 Å². The fourth-order valence-corrected chi connectivity index (χ4v) is 15.0. The second-order valence-corrected chi connectivity index (χ2v) is 23.5. The van der Waals surface area contributed by atoms with E-state index in [1.807, 2.05) is 0 Å². The summed E-state index contributed by atoms with van der Waals surface area (Å²) in [6.07, 6.45) is -13.7. The standard InChI is InChI=1S/C48H78O18/c1-43(2)14-16-48(42(60)66-40-36(58)34(56)31(53)25(20-50)62-40)17-15-46(6)22(23(48)18-43)8-9-28-45(5)12-11-29(44(3,4)27(45)10-13-47(28,46)7)64-41-37(59)38(32(54)26(21-51)63-41)65-39-35(57)33(55)30(52)24(19-49)61-39/h8,23-41,49-59H,9-21H2,1-7H3/t23-,24+,25+,26+,27+,28+,29-,30+,31+,32+,33-,34-,35+,36+,37+,38-,39-,40-,41+,45-,46+,47+,48-/m0/s1. The second kappa shape index (κ2) is 18.0. The summed E-state index contributed by atoms with van der Waals surface area (Å²) in [4.78, 5) is 14.7. The van der Waals surface area contributed by atoms with Gasteiger partial charge in [-0.2, -0.15) is 0 Å². The molecule has 0 aromatic heterocycles. The summed E-state index contributed by atoms with van der Waals surface area (Å²) >= 11 is 0. The van der Waals surface area contributed by atoms with Crippen LogP contribution in [0.15, 0.2) is 11.6 Å². The Labute approximate surface area is 387 Å². The maximum absolute atomic E-state index is 14.7. The molecule has 3 aliphatic heterocycles. The quantitative estimate of drug-likeness (QED) is 0.0833. The molecular weight excluding hydrogens is 865 g/mol. The molecule has 0 spiro atoms. The lowest BCUT2D eigenvalue weighted by molar-refractivity contribution is -0.369. The first kappa shape index (κ1) is 50.9. The molecule has 7 fully saturated rings. The lowest BCUT2D eigenvalue weighted by atomic mass is 9.33. The van der Waals surface area contributed by atoms with E-state index in [1.54, 1.807) is 0 Å². The molecule has 8 aliphatic rings. The first-order valence-electron chi connectivity index (χ1n) is 24.3. The molecule has 8 rings (SSSR count). The molecule has 0 unspecified atom stereocenters. The van der Waals surface area contributed by atoms with Crippen molar-refractivity contribution >= 4 is 5.97 Å². The Kier molecular flexibility index (Phi) is 13.9. The van der Waals surface area contributed by atoms with Gasteiger partial charge in [0.15, 0.2) is 12.6 Å². The van der Waals surface area contributed by atoms with Crippen LogP contribution >= 0.6 is 0 Å².